The van der Waals surface area contributed by atoms with Crippen LogP contribution in [0.25, 0.3) is 0 Å². The van der Waals surface area contributed by atoms with Crippen LogP contribution in [0.5, 0.6) is 5.75 Å². The third-order valence-electron chi connectivity index (χ3n) is 4.25. The van der Waals surface area contributed by atoms with Crippen molar-refractivity contribution in [1.29, 1.82) is 0 Å². The zero-order valence-electron chi connectivity index (χ0n) is 14.5. The van der Waals surface area contributed by atoms with E-state index < -0.39 is 0 Å². The molecular formula is C18H30BrNO. The number of benzene rings is 1. The van der Waals surface area contributed by atoms with E-state index in [4.69, 9.17) is 4.74 Å². The number of nitrogens with one attached hydrogen (secondary N) is 1. The fourth-order valence-corrected chi connectivity index (χ4v) is 2.67. The van der Waals surface area contributed by atoms with Gasteiger partial charge in [0.25, 0.3) is 0 Å². The normalized spacial score (nSPS) is 15.1. The molecule has 2 nitrogen and oxygen atoms in total. The maximum absolute atomic E-state index is 5.53. The molecular weight excluding hydrogens is 326 g/mol. The Kier molecular flexibility index (Phi) is 6.30. The number of rotatable bonds is 6. The molecule has 120 valence electrons. The topological polar surface area (TPSA) is 21.3 Å². The van der Waals surface area contributed by atoms with Crippen LogP contribution in [0.3, 0.4) is 0 Å². The number of methoxy groups -OCH3 is 1. The monoisotopic (exact) mass is 355 g/mol. The van der Waals surface area contributed by atoms with Crippen molar-refractivity contribution >= 4 is 15.9 Å². The smallest absolute Gasteiger partial charge is 0.122 e. The quantitative estimate of drug-likeness (QED) is 0.770. The van der Waals surface area contributed by atoms with Gasteiger partial charge in [-0.25, -0.2) is 0 Å². The Labute approximate surface area is 138 Å². The lowest BCUT2D eigenvalue weighted by Crippen LogP contribution is -2.45. The van der Waals surface area contributed by atoms with Crippen molar-refractivity contribution < 1.29 is 4.74 Å². The molecule has 3 heteroatoms. The molecule has 1 rings (SSSR count). The lowest BCUT2D eigenvalue weighted by atomic mass is 9.74. The molecule has 0 saturated carbocycles. The molecule has 1 aromatic rings. The summed E-state index contributed by atoms with van der Waals surface area (Å²) >= 11 is 3.57. The molecule has 0 bridgehead atoms. The van der Waals surface area contributed by atoms with Crippen LogP contribution in [-0.2, 0) is 6.42 Å². The van der Waals surface area contributed by atoms with Gasteiger partial charge in [0, 0.05) is 16.6 Å². The maximum Gasteiger partial charge on any atom is 0.122 e. The van der Waals surface area contributed by atoms with Gasteiger partial charge >= 0.3 is 0 Å². The average Bonchev–Trinajstić information content (AvgIpc) is 2.36. The lowest BCUT2D eigenvalue weighted by Gasteiger charge is -2.37. The molecule has 0 aromatic heterocycles. The number of halogens is 1. The summed E-state index contributed by atoms with van der Waals surface area (Å²) in [5, 5.41) is 3.66. The van der Waals surface area contributed by atoms with Crippen molar-refractivity contribution in [1.82, 2.24) is 5.32 Å². The van der Waals surface area contributed by atoms with Crippen LogP contribution >= 0.6 is 15.9 Å². The molecule has 1 atom stereocenters. The predicted molar refractivity (Wildman–Crippen MR) is 95.1 cm³/mol. The fourth-order valence-electron chi connectivity index (χ4n) is 2.26. The standard InChI is InChI=1S/C18H30BrNO/c1-13(2)18(6,12-20-17(3,4)5)11-14-10-15(19)8-9-16(14)21-7/h8-10,13,20H,11-12H2,1-7H3. The van der Waals surface area contributed by atoms with E-state index in [9.17, 15) is 0 Å². The zero-order chi connectivity index (χ0) is 16.3. The average molecular weight is 356 g/mol. The Bertz CT molecular complexity index is 465. The molecule has 0 fully saturated rings. The molecule has 0 aliphatic carbocycles. The van der Waals surface area contributed by atoms with Gasteiger partial charge < -0.3 is 10.1 Å². The molecule has 0 spiro atoms. The van der Waals surface area contributed by atoms with Crippen LogP contribution in [0.2, 0.25) is 0 Å². The largest absolute Gasteiger partial charge is 0.496 e. The molecule has 0 aliphatic heterocycles. The molecule has 0 saturated heterocycles. The number of hydrogen-bond donors (Lipinski definition) is 1. The molecule has 0 aliphatic rings. The summed E-state index contributed by atoms with van der Waals surface area (Å²) in [5.41, 5.74) is 1.58. The minimum atomic E-state index is 0.136. The van der Waals surface area contributed by atoms with Crippen molar-refractivity contribution in [3.63, 3.8) is 0 Å². The molecule has 1 aromatic carbocycles. The van der Waals surface area contributed by atoms with E-state index in [-0.39, 0.29) is 11.0 Å². The van der Waals surface area contributed by atoms with Gasteiger partial charge in [-0.2, -0.15) is 0 Å². The lowest BCUT2D eigenvalue weighted by molar-refractivity contribution is 0.186. The second-order valence-electron chi connectivity index (χ2n) is 7.55. The van der Waals surface area contributed by atoms with Crippen molar-refractivity contribution in [2.24, 2.45) is 11.3 Å². The van der Waals surface area contributed by atoms with Gasteiger partial charge in [0.1, 0.15) is 5.75 Å². The van der Waals surface area contributed by atoms with Gasteiger partial charge in [-0.3, -0.25) is 0 Å². The molecule has 0 heterocycles. The van der Waals surface area contributed by atoms with E-state index >= 15 is 0 Å². The van der Waals surface area contributed by atoms with Gasteiger partial charge in [-0.1, -0.05) is 36.7 Å². The number of ether oxygens (including phenoxy) is 1. The SMILES string of the molecule is COc1ccc(Br)cc1CC(C)(CNC(C)(C)C)C(C)C. The highest BCUT2D eigenvalue weighted by Crippen LogP contribution is 2.35. The summed E-state index contributed by atoms with van der Waals surface area (Å²) in [6, 6.07) is 6.25. The van der Waals surface area contributed by atoms with Crippen LogP contribution in [0.15, 0.2) is 22.7 Å². The summed E-state index contributed by atoms with van der Waals surface area (Å²) in [7, 11) is 1.74. The summed E-state index contributed by atoms with van der Waals surface area (Å²) < 4.78 is 6.63. The van der Waals surface area contributed by atoms with Gasteiger partial charge in [-0.15, -0.1) is 0 Å². The van der Waals surface area contributed by atoms with Gasteiger partial charge in [0.2, 0.25) is 0 Å². The minimum Gasteiger partial charge on any atom is -0.496 e. The highest BCUT2D eigenvalue weighted by Gasteiger charge is 2.31. The minimum absolute atomic E-state index is 0.136. The van der Waals surface area contributed by atoms with Crippen LogP contribution in [0.4, 0.5) is 0 Å². The zero-order valence-corrected chi connectivity index (χ0v) is 16.1. The van der Waals surface area contributed by atoms with E-state index in [1.165, 1.54) is 5.56 Å². The Balaban J connectivity index is 3.00. The summed E-state index contributed by atoms with van der Waals surface area (Å²) in [6.45, 7) is 14.6. The first-order valence-electron chi connectivity index (χ1n) is 7.65. The van der Waals surface area contributed by atoms with Crippen molar-refractivity contribution in [3.05, 3.63) is 28.2 Å². The van der Waals surface area contributed by atoms with Gasteiger partial charge in [-0.05, 0) is 62.3 Å². The highest BCUT2D eigenvalue weighted by molar-refractivity contribution is 9.10. The highest BCUT2D eigenvalue weighted by atomic mass is 79.9. The predicted octanol–water partition coefficient (Wildman–Crippen LogP) is 5.05. The molecule has 1 N–H and O–H groups in total. The van der Waals surface area contributed by atoms with Gasteiger partial charge in [0.05, 0.1) is 7.11 Å². The van der Waals surface area contributed by atoms with Crippen molar-refractivity contribution in [2.75, 3.05) is 13.7 Å². The van der Waals surface area contributed by atoms with Gasteiger partial charge in [0.15, 0.2) is 0 Å². The Morgan fingerprint density at radius 3 is 2.29 bits per heavy atom. The first-order valence-corrected chi connectivity index (χ1v) is 8.44. The molecule has 1 unspecified atom stereocenters. The third-order valence-corrected chi connectivity index (χ3v) is 4.75. The van der Waals surface area contributed by atoms with E-state index in [1.54, 1.807) is 7.11 Å². The second-order valence-corrected chi connectivity index (χ2v) is 8.46. The summed E-state index contributed by atoms with van der Waals surface area (Å²) in [6.07, 6.45) is 0.996. The Hall–Kier alpha value is -0.540. The third kappa shape index (κ3) is 5.63. The number of hydrogen-bond acceptors (Lipinski definition) is 2. The maximum atomic E-state index is 5.53. The Morgan fingerprint density at radius 1 is 1.19 bits per heavy atom. The molecule has 21 heavy (non-hydrogen) atoms. The summed E-state index contributed by atoms with van der Waals surface area (Å²) in [4.78, 5) is 0. The fraction of sp³-hybridized carbons (Fsp3) is 0.667. The van der Waals surface area contributed by atoms with Crippen LogP contribution < -0.4 is 10.1 Å². The Morgan fingerprint density at radius 2 is 1.81 bits per heavy atom. The molecule has 0 amide bonds. The van der Waals surface area contributed by atoms with Crippen molar-refractivity contribution in [3.8, 4) is 5.75 Å². The first kappa shape index (κ1) is 18.5. The first-order chi connectivity index (χ1) is 9.57. The van der Waals surface area contributed by atoms with Crippen LogP contribution in [0, 0.1) is 11.3 Å². The molecule has 0 radical (unpaired) electrons. The van der Waals surface area contributed by atoms with E-state index in [0.717, 1.165) is 23.2 Å². The summed E-state index contributed by atoms with van der Waals surface area (Å²) in [5.74, 6) is 1.55. The van der Waals surface area contributed by atoms with Crippen LogP contribution in [0.1, 0.15) is 47.1 Å². The van der Waals surface area contributed by atoms with E-state index in [2.05, 4.69) is 68.9 Å². The second kappa shape index (κ2) is 7.15. The van der Waals surface area contributed by atoms with Crippen molar-refractivity contribution in [2.45, 2.75) is 53.5 Å². The van der Waals surface area contributed by atoms with E-state index in [0.29, 0.717) is 5.92 Å². The van der Waals surface area contributed by atoms with E-state index in [1.807, 2.05) is 12.1 Å². The van der Waals surface area contributed by atoms with Crippen LogP contribution in [-0.4, -0.2) is 19.2 Å².